The number of rotatable bonds is 6. The topological polar surface area (TPSA) is 78.5 Å². The van der Waals surface area contributed by atoms with Crippen LogP contribution in [0.3, 0.4) is 0 Å². The highest BCUT2D eigenvalue weighted by Gasteiger charge is 2.34. The van der Waals surface area contributed by atoms with Crippen molar-refractivity contribution in [2.24, 2.45) is 0 Å². The third-order valence-electron chi connectivity index (χ3n) is 5.04. The molecule has 0 radical (unpaired) electrons. The van der Waals surface area contributed by atoms with Crippen molar-refractivity contribution >= 4 is 23.4 Å². The van der Waals surface area contributed by atoms with E-state index in [1.807, 2.05) is 32.0 Å². The predicted octanol–water partition coefficient (Wildman–Crippen LogP) is 3.38. The minimum absolute atomic E-state index is 0.0836. The summed E-state index contributed by atoms with van der Waals surface area (Å²) in [5.41, 5.74) is 2.73. The maximum absolute atomic E-state index is 12.9. The smallest absolute Gasteiger partial charge is 0.255 e. The molecule has 0 spiro atoms. The lowest BCUT2D eigenvalue weighted by Crippen LogP contribution is -2.46. The molecule has 2 aromatic rings. The van der Waals surface area contributed by atoms with Gasteiger partial charge in [-0.1, -0.05) is 24.6 Å². The van der Waals surface area contributed by atoms with Crippen molar-refractivity contribution in [1.29, 1.82) is 0 Å². The molecule has 2 aromatic carbocycles. The van der Waals surface area contributed by atoms with Crippen LogP contribution < -0.4 is 10.6 Å². The van der Waals surface area contributed by atoms with E-state index < -0.39 is 6.04 Å². The van der Waals surface area contributed by atoms with E-state index in [9.17, 15) is 14.4 Å². The van der Waals surface area contributed by atoms with Crippen LogP contribution in [0, 0.1) is 6.92 Å². The quantitative estimate of drug-likeness (QED) is 0.790. The van der Waals surface area contributed by atoms with Gasteiger partial charge >= 0.3 is 0 Å². The van der Waals surface area contributed by atoms with Gasteiger partial charge in [-0.2, -0.15) is 0 Å². The van der Waals surface area contributed by atoms with Crippen LogP contribution in [0.5, 0.6) is 0 Å². The Kier molecular flexibility index (Phi) is 6.65. The largest absolute Gasteiger partial charge is 0.354 e. The molecule has 1 fully saturated rings. The fourth-order valence-electron chi connectivity index (χ4n) is 3.50. The molecule has 0 aromatic heterocycles. The van der Waals surface area contributed by atoms with E-state index in [-0.39, 0.29) is 17.7 Å². The summed E-state index contributed by atoms with van der Waals surface area (Å²) >= 11 is 0. The molecule has 1 aliphatic heterocycles. The second-order valence-electron chi connectivity index (χ2n) is 7.35. The summed E-state index contributed by atoms with van der Waals surface area (Å²) in [5, 5.41) is 5.72. The SMILES string of the molecule is CCCNC(=O)C1CCCN1C(=O)c1ccc(NC(=O)c2cccc(C)c2)cc1. The van der Waals surface area contributed by atoms with Crippen molar-refractivity contribution in [3.63, 3.8) is 0 Å². The monoisotopic (exact) mass is 393 g/mol. The Morgan fingerprint density at radius 3 is 2.52 bits per heavy atom. The van der Waals surface area contributed by atoms with Crippen LogP contribution >= 0.6 is 0 Å². The van der Waals surface area contributed by atoms with Gasteiger partial charge in [0.15, 0.2) is 0 Å². The molecule has 29 heavy (non-hydrogen) atoms. The first-order chi connectivity index (χ1) is 14.0. The molecule has 1 saturated heterocycles. The van der Waals surface area contributed by atoms with Gasteiger partial charge in [-0.25, -0.2) is 0 Å². The van der Waals surface area contributed by atoms with E-state index in [0.29, 0.717) is 36.3 Å². The summed E-state index contributed by atoms with van der Waals surface area (Å²) in [4.78, 5) is 39.2. The second kappa shape index (κ2) is 9.37. The van der Waals surface area contributed by atoms with E-state index in [4.69, 9.17) is 0 Å². The highest BCUT2D eigenvalue weighted by atomic mass is 16.2. The highest BCUT2D eigenvalue weighted by molar-refractivity contribution is 6.04. The Bertz CT molecular complexity index is 892. The van der Waals surface area contributed by atoms with Gasteiger partial charge in [-0.15, -0.1) is 0 Å². The molecular weight excluding hydrogens is 366 g/mol. The van der Waals surface area contributed by atoms with E-state index in [0.717, 1.165) is 18.4 Å². The summed E-state index contributed by atoms with van der Waals surface area (Å²) < 4.78 is 0. The number of hydrogen-bond acceptors (Lipinski definition) is 3. The number of carbonyl (C=O) groups excluding carboxylic acids is 3. The van der Waals surface area contributed by atoms with Gasteiger partial charge in [0.1, 0.15) is 6.04 Å². The van der Waals surface area contributed by atoms with Crippen LogP contribution in [0.4, 0.5) is 5.69 Å². The Morgan fingerprint density at radius 1 is 1.07 bits per heavy atom. The number of hydrogen-bond donors (Lipinski definition) is 2. The van der Waals surface area contributed by atoms with Crippen LogP contribution in [0.15, 0.2) is 48.5 Å². The summed E-state index contributed by atoms with van der Waals surface area (Å²) in [6.45, 7) is 5.13. The molecule has 1 unspecified atom stereocenters. The van der Waals surface area contributed by atoms with Crippen LogP contribution in [0.1, 0.15) is 52.5 Å². The van der Waals surface area contributed by atoms with E-state index >= 15 is 0 Å². The Labute approximate surface area is 171 Å². The highest BCUT2D eigenvalue weighted by Crippen LogP contribution is 2.21. The van der Waals surface area contributed by atoms with E-state index in [1.165, 1.54) is 0 Å². The van der Waals surface area contributed by atoms with Gasteiger partial charge < -0.3 is 15.5 Å². The third kappa shape index (κ3) is 5.02. The molecule has 1 heterocycles. The van der Waals surface area contributed by atoms with Gasteiger partial charge in [0.05, 0.1) is 0 Å². The fourth-order valence-corrected chi connectivity index (χ4v) is 3.50. The zero-order valence-corrected chi connectivity index (χ0v) is 16.9. The molecule has 1 aliphatic rings. The molecule has 6 heteroatoms. The van der Waals surface area contributed by atoms with Gasteiger partial charge in [-0.3, -0.25) is 14.4 Å². The van der Waals surface area contributed by atoms with Gasteiger partial charge in [-0.05, 0) is 62.6 Å². The number of amides is 3. The summed E-state index contributed by atoms with van der Waals surface area (Å²) in [6.07, 6.45) is 2.37. The zero-order valence-electron chi connectivity index (χ0n) is 16.9. The van der Waals surface area contributed by atoms with Crippen LogP contribution in [-0.4, -0.2) is 41.8 Å². The van der Waals surface area contributed by atoms with Crippen molar-refractivity contribution in [1.82, 2.24) is 10.2 Å². The molecular formula is C23H27N3O3. The standard InChI is InChI=1S/C23H27N3O3/c1-3-13-24-22(28)20-8-5-14-26(20)23(29)17-9-11-19(12-10-17)25-21(27)18-7-4-6-16(2)15-18/h4,6-7,9-12,15,20H,3,5,8,13-14H2,1-2H3,(H,24,28)(H,25,27). The molecule has 0 bridgehead atoms. The van der Waals surface area contributed by atoms with Crippen LogP contribution in [0.25, 0.3) is 0 Å². The normalized spacial score (nSPS) is 15.8. The van der Waals surface area contributed by atoms with Crippen molar-refractivity contribution < 1.29 is 14.4 Å². The third-order valence-corrected chi connectivity index (χ3v) is 5.04. The first kappa shape index (κ1) is 20.6. The average Bonchev–Trinajstić information content (AvgIpc) is 3.22. The first-order valence-electron chi connectivity index (χ1n) is 10.1. The second-order valence-corrected chi connectivity index (χ2v) is 7.35. The van der Waals surface area contributed by atoms with E-state index in [1.54, 1.807) is 35.2 Å². The van der Waals surface area contributed by atoms with Crippen LogP contribution in [0.2, 0.25) is 0 Å². The maximum Gasteiger partial charge on any atom is 0.255 e. The van der Waals surface area contributed by atoms with Gasteiger partial charge in [0.2, 0.25) is 5.91 Å². The molecule has 3 rings (SSSR count). The van der Waals surface area contributed by atoms with Gasteiger partial charge in [0, 0.05) is 29.9 Å². The molecule has 0 aliphatic carbocycles. The fraction of sp³-hybridized carbons (Fsp3) is 0.348. The minimum atomic E-state index is -0.408. The summed E-state index contributed by atoms with van der Waals surface area (Å²) in [5.74, 6) is -0.435. The molecule has 2 N–H and O–H groups in total. The number of anilines is 1. The number of aryl methyl sites for hydroxylation is 1. The summed E-state index contributed by atoms with van der Waals surface area (Å²) in [6, 6.07) is 13.8. The number of nitrogens with one attached hydrogen (secondary N) is 2. The molecule has 3 amide bonds. The van der Waals surface area contributed by atoms with Crippen molar-refractivity contribution in [2.45, 2.75) is 39.2 Å². The number of carbonyl (C=O) groups is 3. The number of nitrogens with zero attached hydrogens (tertiary/aromatic N) is 1. The lowest BCUT2D eigenvalue weighted by molar-refractivity contribution is -0.124. The summed E-state index contributed by atoms with van der Waals surface area (Å²) in [7, 11) is 0. The molecule has 1 atom stereocenters. The Morgan fingerprint density at radius 2 is 1.83 bits per heavy atom. The molecule has 152 valence electrons. The Balaban J connectivity index is 1.65. The number of benzene rings is 2. The maximum atomic E-state index is 12.9. The van der Waals surface area contributed by atoms with Crippen molar-refractivity contribution in [3.05, 3.63) is 65.2 Å². The predicted molar refractivity (Wildman–Crippen MR) is 113 cm³/mol. The van der Waals surface area contributed by atoms with Crippen molar-refractivity contribution in [2.75, 3.05) is 18.4 Å². The lowest BCUT2D eigenvalue weighted by atomic mass is 10.1. The molecule has 0 saturated carbocycles. The first-order valence-corrected chi connectivity index (χ1v) is 10.1. The van der Waals surface area contributed by atoms with Crippen molar-refractivity contribution in [3.8, 4) is 0 Å². The Hall–Kier alpha value is -3.15. The van der Waals surface area contributed by atoms with E-state index in [2.05, 4.69) is 10.6 Å². The lowest BCUT2D eigenvalue weighted by Gasteiger charge is -2.24. The minimum Gasteiger partial charge on any atom is -0.354 e. The molecule has 6 nitrogen and oxygen atoms in total. The number of likely N-dealkylation sites (tertiary alicyclic amines) is 1. The zero-order chi connectivity index (χ0) is 20.8. The van der Waals surface area contributed by atoms with Gasteiger partial charge in [0.25, 0.3) is 11.8 Å². The van der Waals surface area contributed by atoms with Crippen LogP contribution in [-0.2, 0) is 4.79 Å². The average molecular weight is 393 g/mol.